The van der Waals surface area contributed by atoms with E-state index in [1.807, 2.05) is 0 Å². The zero-order valence-corrected chi connectivity index (χ0v) is 10.1. The second-order valence-corrected chi connectivity index (χ2v) is 3.80. The summed E-state index contributed by atoms with van der Waals surface area (Å²) in [6, 6.07) is 3.34. The van der Waals surface area contributed by atoms with Crippen molar-refractivity contribution in [3.05, 3.63) is 23.9 Å². The number of nitrogens with zero attached hydrogens (tertiary/aromatic N) is 1. The maximum Gasteiger partial charge on any atom is 0.411 e. The molecule has 0 saturated carbocycles. The Morgan fingerprint density at radius 2 is 2.22 bits per heavy atom. The van der Waals surface area contributed by atoms with E-state index in [2.05, 4.69) is 15.0 Å². The quantitative estimate of drug-likeness (QED) is 0.613. The lowest BCUT2D eigenvalue weighted by molar-refractivity contribution is -0.172. The van der Waals surface area contributed by atoms with Crippen molar-refractivity contribution < 1.29 is 17.9 Å². The van der Waals surface area contributed by atoms with Gasteiger partial charge in [0.05, 0.1) is 12.2 Å². The van der Waals surface area contributed by atoms with Crippen LogP contribution >= 0.6 is 12.2 Å². The van der Waals surface area contributed by atoms with Crippen molar-refractivity contribution in [1.82, 2.24) is 4.98 Å². The molecular weight excluding hydrogens is 267 g/mol. The van der Waals surface area contributed by atoms with E-state index in [1.165, 1.54) is 6.20 Å². The van der Waals surface area contributed by atoms with E-state index in [4.69, 9.17) is 18.0 Å². The molecule has 0 fully saturated rings. The van der Waals surface area contributed by atoms with Crippen LogP contribution in [0.1, 0.15) is 5.56 Å². The number of alkyl halides is 3. The maximum atomic E-state index is 11.8. The van der Waals surface area contributed by atoms with E-state index in [0.717, 1.165) is 0 Å². The van der Waals surface area contributed by atoms with Crippen molar-refractivity contribution in [1.29, 1.82) is 0 Å². The molecule has 0 bridgehead atoms. The second-order valence-electron chi connectivity index (χ2n) is 3.36. The van der Waals surface area contributed by atoms with E-state index in [9.17, 15) is 13.2 Å². The van der Waals surface area contributed by atoms with Crippen LogP contribution in [0, 0.1) is 0 Å². The first kappa shape index (κ1) is 14.7. The number of aromatic nitrogens is 1. The average molecular weight is 279 g/mol. The summed E-state index contributed by atoms with van der Waals surface area (Å²) in [7, 11) is 0. The van der Waals surface area contributed by atoms with Gasteiger partial charge in [0, 0.05) is 12.7 Å². The fourth-order valence-corrected chi connectivity index (χ4v) is 1.34. The number of thiocarbonyl (C=S) groups is 1. The molecule has 1 rings (SSSR count). The smallest absolute Gasteiger partial charge is 0.389 e. The highest BCUT2D eigenvalue weighted by atomic mass is 32.1. The standard InChI is InChI=1S/C10H12F3N3OS/c11-10(12,13)6-17-5-4-16-9-7(8(14)18)2-1-3-15-9/h1-3H,4-6H2,(H2,14,18)(H,15,16). The summed E-state index contributed by atoms with van der Waals surface area (Å²) in [5, 5.41) is 2.81. The van der Waals surface area contributed by atoms with E-state index in [-0.39, 0.29) is 18.1 Å². The summed E-state index contributed by atoms with van der Waals surface area (Å²) < 4.78 is 39.8. The van der Waals surface area contributed by atoms with Crippen LogP contribution in [-0.2, 0) is 4.74 Å². The first-order valence-electron chi connectivity index (χ1n) is 5.03. The van der Waals surface area contributed by atoms with Crippen molar-refractivity contribution in [3.63, 3.8) is 0 Å². The third-order valence-electron chi connectivity index (χ3n) is 1.88. The Balaban J connectivity index is 2.38. The number of hydrogen-bond acceptors (Lipinski definition) is 4. The van der Waals surface area contributed by atoms with Crippen molar-refractivity contribution in [3.8, 4) is 0 Å². The molecule has 0 spiro atoms. The fraction of sp³-hybridized carbons (Fsp3) is 0.400. The summed E-state index contributed by atoms with van der Waals surface area (Å²) >= 11 is 4.82. The second kappa shape index (κ2) is 6.50. The van der Waals surface area contributed by atoms with Crippen LogP contribution in [0.25, 0.3) is 0 Å². The van der Waals surface area contributed by atoms with Crippen LogP contribution in [-0.4, -0.2) is 35.9 Å². The van der Waals surface area contributed by atoms with Gasteiger partial charge in [0.1, 0.15) is 17.4 Å². The van der Waals surface area contributed by atoms with Crippen LogP contribution in [0.3, 0.4) is 0 Å². The number of rotatable bonds is 6. The highest BCUT2D eigenvalue weighted by molar-refractivity contribution is 7.80. The van der Waals surface area contributed by atoms with Crippen LogP contribution in [0.2, 0.25) is 0 Å². The normalized spacial score (nSPS) is 11.3. The van der Waals surface area contributed by atoms with Crippen LogP contribution in [0.15, 0.2) is 18.3 Å². The molecule has 0 aromatic carbocycles. The molecule has 4 nitrogen and oxygen atoms in total. The third-order valence-corrected chi connectivity index (χ3v) is 2.10. The Labute approximate surface area is 107 Å². The van der Waals surface area contributed by atoms with Crippen LogP contribution in [0.5, 0.6) is 0 Å². The summed E-state index contributed by atoms with van der Waals surface area (Å²) in [6.07, 6.45) is -2.78. The molecule has 0 aliphatic rings. The van der Waals surface area contributed by atoms with Gasteiger partial charge in [-0.15, -0.1) is 0 Å². The van der Waals surface area contributed by atoms with Gasteiger partial charge in [0.25, 0.3) is 0 Å². The first-order chi connectivity index (χ1) is 8.40. The molecule has 0 radical (unpaired) electrons. The van der Waals surface area contributed by atoms with Crippen LogP contribution < -0.4 is 11.1 Å². The summed E-state index contributed by atoms with van der Waals surface area (Å²) in [5.74, 6) is 0.431. The lowest BCUT2D eigenvalue weighted by Crippen LogP contribution is -2.21. The number of hydrogen-bond donors (Lipinski definition) is 2. The zero-order valence-electron chi connectivity index (χ0n) is 9.33. The minimum Gasteiger partial charge on any atom is -0.389 e. The Kier molecular flexibility index (Phi) is 5.29. The van der Waals surface area contributed by atoms with E-state index >= 15 is 0 Å². The van der Waals surface area contributed by atoms with Crippen molar-refractivity contribution >= 4 is 23.0 Å². The molecule has 3 N–H and O–H groups in total. The molecule has 0 amide bonds. The van der Waals surface area contributed by atoms with Gasteiger partial charge >= 0.3 is 6.18 Å². The number of halogens is 3. The third kappa shape index (κ3) is 5.28. The maximum absolute atomic E-state index is 11.8. The highest BCUT2D eigenvalue weighted by Crippen LogP contribution is 2.14. The van der Waals surface area contributed by atoms with Crippen molar-refractivity contribution in [2.45, 2.75) is 6.18 Å². The molecule has 0 aliphatic carbocycles. The number of nitrogens with two attached hydrogens (primary N) is 1. The number of nitrogens with one attached hydrogen (secondary N) is 1. The van der Waals surface area contributed by atoms with Gasteiger partial charge in [-0.3, -0.25) is 0 Å². The number of ether oxygens (including phenoxy) is 1. The van der Waals surface area contributed by atoms with Gasteiger partial charge in [-0.1, -0.05) is 12.2 Å². The SMILES string of the molecule is NC(=S)c1cccnc1NCCOCC(F)(F)F. The Bertz CT molecular complexity index is 412. The topological polar surface area (TPSA) is 60.2 Å². The Morgan fingerprint density at radius 1 is 1.50 bits per heavy atom. The average Bonchev–Trinajstić information content (AvgIpc) is 2.27. The van der Waals surface area contributed by atoms with Gasteiger partial charge in [-0.25, -0.2) is 4.98 Å². The molecule has 100 valence electrons. The molecule has 0 atom stereocenters. The van der Waals surface area contributed by atoms with E-state index in [0.29, 0.717) is 11.4 Å². The number of anilines is 1. The van der Waals surface area contributed by atoms with Gasteiger partial charge in [-0.2, -0.15) is 13.2 Å². The minimum absolute atomic E-state index is 0.0904. The predicted molar refractivity (Wildman–Crippen MR) is 65.5 cm³/mol. The fourth-order valence-electron chi connectivity index (χ4n) is 1.17. The highest BCUT2D eigenvalue weighted by Gasteiger charge is 2.27. The van der Waals surface area contributed by atoms with Gasteiger partial charge in [0.2, 0.25) is 0 Å². The Morgan fingerprint density at radius 3 is 2.83 bits per heavy atom. The first-order valence-corrected chi connectivity index (χ1v) is 5.44. The van der Waals surface area contributed by atoms with Crippen molar-refractivity contribution in [2.75, 3.05) is 25.1 Å². The van der Waals surface area contributed by atoms with Gasteiger partial charge < -0.3 is 15.8 Å². The van der Waals surface area contributed by atoms with Crippen LogP contribution in [0.4, 0.5) is 19.0 Å². The largest absolute Gasteiger partial charge is 0.411 e. The predicted octanol–water partition coefficient (Wildman–Crippen LogP) is 1.71. The molecule has 0 saturated heterocycles. The van der Waals surface area contributed by atoms with Crippen molar-refractivity contribution in [2.24, 2.45) is 5.73 Å². The monoisotopic (exact) mass is 279 g/mol. The van der Waals surface area contributed by atoms with E-state index in [1.54, 1.807) is 12.1 Å². The molecule has 1 heterocycles. The lowest BCUT2D eigenvalue weighted by Gasteiger charge is -2.11. The minimum atomic E-state index is -4.31. The summed E-state index contributed by atoms with van der Waals surface area (Å²) in [4.78, 5) is 4.16. The number of pyridine rings is 1. The molecule has 18 heavy (non-hydrogen) atoms. The summed E-state index contributed by atoms with van der Waals surface area (Å²) in [6.45, 7) is -1.17. The molecule has 0 aliphatic heterocycles. The molecular formula is C10H12F3N3OS. The van der Waals surface area contributed by atoms with Gasteiger partial charge in [-0.05, 0) is 12.1 Å². The molecule has 0 unspecified atom stereocenters. The van der Waals surface area contributed by atoms with Gasteiger partial charge in [0.15, 0.2) is 0 Å². The molecule has 1 aromatic heterocycles. The lowest BCUT2D eigenvalue weighted by atomic mass is 10.2. The molecule has 1 aromatic rings. The summed E-state index contributed by atoms with van der Waals surface area (Å²) in [5.41, 5.74) is 6.02. The zero-order chi connectivity index (χ0) is 13.6. The molecule has 8 heteroatoms. The van der Waals surface area contributed by atoms with E-state index < -0.39 is 12.8 Å². The Hall–Kier alpha value is -1.41.